The van der Waals surface area contributed by atoms with Crippen LogP contribution in [0.15, 0.2) is 30.0 Å². The zero-order valence-corrected chi connectivity index (χ0v) is 11.7. The smallest absolute Gasteiger partial charge is 0.122 e. The zero-order chi connectivity index (χ0) is 13.7. The molecule has 0 aliphatic carbocycles. The minimum Gasteiger partial charge on any atom is -0.497 e. The molecule has 104 valence electrons. The molecule has 1 N–H and O–H groups in total. The third-order valence-electron chi connectivity index (χ3n) is 3.13. The second-order valence-electron chi connectivity index (χ2n) is 4.38. The highest BCUT2D eigenvalue weighted by molar-refractivity contribution is 5.41. The van der Waals surface area contributed by atoms with E-state index < -0.39 is 0 Å². The van der Waals surface area contributed by atoms with E-state index in [0.717, 1.165) is 42.4 Å². The number of nitrogens with one attached hydrogen (secondary N) is 1. The van der Waals surface area contributed by atoms with Gasteiger partial charge in [0.15, 0.2) is 0 Å². The highest BCUT2D eigenvalue weighted by atomic mass is 16.5. The van der Waals surface area contributed by atoms with Gasteiger partial charge in [0.2, 0.25) is 0 Å². The number of methoxy groups -OCH3 is 2. The monoisotopic (exact) mass is 263 g/mol. The van der Waals surface area contributed by atoms with Gasteiger partial charge >= 0.3 is 0 Å². The van der Waals surface area contributed by atoms with Crippen LogP contribution in [0.1, 0.15) is 24.9 Å². The summed E-state index contributed by atoms with van der Waals surface area (Å²) in [6, 6.07) is 5.95. The third-order valence-corrected chi connectivity index (χ3v) is 3.13. The molecule has 1 aromatic rings. The molecule has 1 unspecified atom stereocenters. The molecule has 1 atom stereocenters. The molecule has 0 saturated heterocycles. The molecule has 19 heavy (non-hydrogen) atoms. The number of hydrogen-bond donors (Lipinski definition) is 1. The van der Waals surface area contributed by atoms with Crippen LogP contribution in [0, 0.1) is 0 Å². The van der Waals surface area contributed by atoms with Gasteiger partial charge in [-0.3, -0.25) is 0 Å². The van der Waals surface area contributed by atoms with Crippen molar-refractivity contribution in [3.63, 3.8) is 0 Å². The lowest BCUT2D eigenvalue weighted by atomic mass is 10.0. The largest absolute Gasteiger partial charge is 0.497 e. The molecule has 4 nitrogen and oxygen atoms in total. The van der Waals surface area contributed by atoms with Gasteiger partial charge in [0, 0.05) is 12.5 Å². The van der Waals surface area contributed by atoms with Gasteiger partial charge in [0.05, 0.1) is 26.9 Å². The Hall–Kier alpha value is -1.68. The van der Waals surface area contributed by atoms with Crippen LogP contribution in [0.4, 0.5) is 0 Å². The highest BCUT2D eigenvalue weighted by Crippen LogP contribution is 2.32. The Bertz CT molecular complexity index is 434. The average molecular weight is 263 g/mol. The summed E-state index contributed by atoms with van der Waals surface area (Å²) in [5.41, 5.74) is 1.09. The quantitative estimate of drug-likeness (QED) is 0.856. The van der Waals surface area contributed by atoms with Crippen molar-refractivity contribution in [3.05, 3.63) is 35.6 Å². The van der Waals surface area contributed by atoms with E-state index in [1.54, 1.807) is 14.2 Å². The molecule has 0 spiro atoms. The lowest BCUT2D eigenvalue weighted by Gasteiger charge is -2.20. The number of hydrogen-bond acceptors (Lipinski definition) is 4. The summed E-state index contributed by atoms with van der Waals surface area (Å²) in [6.45, 7) is 3.71. The summed E-state index contributed by atoms with van der Waals surface area (Å²) in [6.07, 6.45) is 3.11. The molecular formula is C15H21NO3. The van der Waals surface area contributed by atoms with Crippen molar-refractivity contribution in [2.45, 2.75) is 19.4 Å². The summed E-state index contributed by atoms with van der Waals surface area (Å²) < 4.78 is 16.3. The first-order valence-corrected chi connectivity index (χ1v) is 6.57. The Balaban J connectivity index is 2.34. The summed E-state index contributed by atoms with van der Waals surface area (Å²) >= 11 is 0. The van der Waals surface area contributed by atoms with Crippen LogP contribution < -0.4 is 14.8 Å². The van der Waals surface area contributed by atoms with Crippen LogP contribution in [-0.4, -0.2) is 27.4 Å². The van der Waals surface area contributed by atoms with E-state index >= 15 is 0 Å². The van der Waals surface area contributed by atoms with E-state index in [0.29, 0.717) is 0 Å². The Morgan fingerprint density at radius 2 is 1.89 bits per heavy atom. The average Bonchev–Trinajstić information content (AvgIpc) is 2.97. The molecule has 1 aliphatic rings. The van der Waals surface area contributed by atoms with Crippen LogP contribution in [0.3, 0.4) is 0 Å². The maximum atomic E-state index is 5.69. The van der Waals surface area contributed by atoms with Gasteiger partial charge in [0.1, 0.15) is 17.3 Å². The normalized spacial score (nSPS) is 15.6. The second kappa shape index (κ2) is 6.48. The lowest BCUT2D eigenvalue weighted by Crippen LogP contribution is -2.23. The zero-order valence-electron chi connectivity index (χ0n) is 11.7. The fraction of sp³-hybridized carbons (Fsp3) is 0.467. The van der Waals surface area contributed by atoms with Crippen molar-refractivity contribution in [3.8, 4) is 11.5 Å². The molecule has 0 radical (unpaired) electrons. The van der Waals surface area contributed by atoms with Gasteiger partial charge in [-0.2, -0.15) is 0 Å². The van der Waals surface area contributed by atoms with Gasteiger partial charge in [-0.25, -0.2) is 0 Å². The van der Waals surface area contributed by atoms with Crippen molar-refractivity contribution in [1.82, 2.24) is 5.32 Å². The molecule has 0 aromatic heterocycles. The van der Waals surface area contributed by atoms with E-state index in [2.05, 4.69) is 18.3 Å². The molecule has 0 bridgehead atoms. The SMILES string of the molecule is CCNC(C1=CCCO1)c1cc(OC)cc(OC)c1. The van der Waals surface area contributed by atoms with Crippen LogP contribution in [0.25, 0.3) is 0 Å². The predicted octanol–water partition coefficient (Wildman–Crippen LogP) is 2.66. The van der Waals surface area contributed by atoms with Gasteiger partial charge in [-0.05, 0) is 30.3 Å². The molecule has 4 heteroatoms. The first-order chi connectivity index (χ1) is 9.28. The fourth-order valence-corrected chi connectivity index (χ4v) is 2.22. The Labute approximate surface area is 114 Å². The predicted molar refractivity (Wildman–Crippen MR) is 74.6 cm³/mol. The minimum atomic E-state index is 0.0523. The third kappa shape index (κ3) is 3.20. The molecule has 2 rings (SSSR count). The topological polar surface area (TPSA) is 39.7 Å². The van der Waals surface area contributed by atoms with Crippen LogP contribution in [0.5, 0.6) is 11.5 Å². The van der Waals surface area contributed by atoms with Gasteiger partial charge in [-0.15, -0.1) is 0 Å². The number of likely N-dealkylation sites (N-methyl/N-ethyl adjacent to an activating group) is 1. The maximum Gasteiger partial charge on any atom is 0.122 e. The first kappa shape index (κ1) is 13.7. The molecule has 0 saturated carbocycles. The van der Waals surface area contributed by atoms with Crippen LogP contribution in [-0.2, 0) is 4.74 Å². The summed E-state index contributed by atoms with van der Waals surface area (Å²) in [5.74, 6) is 2.56. The van der Waals surface area contributed by atoms with E-state index in [4.69, 9.17) is 14.2 Å². The standard InChI is InChI=1S/C15H21NO3/c1-4-16-15(14-6-5-7-19-14)11-8-12(17-2)10-13(9-11)18-3/h6,8-10,15-16H,4-5,7H2,1-3H3. The van der Waals surface area contributed by atoms with Gasteiger partial charge in [0.25, 0.3) is 0 Å². The van der Waals surface area contributed by atoms with E-state index in [1.807, 2.05) is 18.2 Å². The molecule has 1 aliphatic heterocycles. The maximum absolute atomic E-state index is 5.69. The second-order valence-corrected chi connectivity index (χ2v) is 4.38. The number of benzene rings is 1. The minimum absolute atomic E-state index is 0.0523. The highest BCUT2D eigenvalue weighted by Gasteiger charge is 2.21. The summed E-state index contributed by atoms with van der Waals surface area (Å²) in [5, 5.41) is 3.44. The van der Waals surface area contributed by atoms with Crippen molar-refractivity contribution < 1.29 is 14.2 Å². The van der Waals surface area contributed by atoms with Gasteiger partial charge in [-0.1, -0.05) is 6.92 Å². The van der Waals surface area contributed by atoms with E-state index in [9.17, 15) is 0 Å². The molecule has 1 heterocycles. The molecule has 0 amide bonds. The van der Waals surface area contributed by atoms with Crippen molar-refractivity contribution in [2.75, 3.05) is 27.4 Å². The van der Waals surface area contributed by atoms with Crippen molar-refractivity contribution >= 4 is 0 Å². The van der Waals surface area contributed by atoms with Crippen LogP contribution in [0.2, 0.25) is 0 Å². The summed E-state index contributed by atoms with van der Waals surface area (Å²) in [4.78, 5) is 0. The summed E-state index contributed by atoms with van der Waals surface area (Å²) in [7, 11) is 3.32. The molecular weight excluding hydrogens is 242 g/mol. The number of ether oxygens (including phenoxy) is 3. The van der Waals surface area contributed by atoms with Crippen molar-refractivity contribution in [2.24, 2.45) is 0 Å². The Morgan fingerprint density at radius 3 is 2.37 bits per heavy atom. The Morgan fingerprint density at radius 1 is 1.21 bits per heavy atom. The molecule has 1 aromatic carbocycles. The van der Waals surface area contributed by atoms with E-state index in [1.165, 1.54) is 0 Å². The number of rotatable bonds is 6. The fourth-order valence-electron chi connectivity index (χ4n) is 2.22. The van der Waals surface area contributed by atoms with Gasteiger partial charge < -0.3 is 19.5 Å². The van der Waals surface area contributed by atoms with Crippen LogP contribution >= 0.6 is 0 Å². The first-order valence-electron chi connectivity index (χ1n) is 6.57. The Kier molecular flexibility index (Phi) is 4.68. The van der Waals surface area contributed by atoms with Crippen molar-refractivity contribution in [1.29, 1.82) is 0 Å². The molecule has 0 fully saturated rings. The van der Waals surface area contributed by atoms with E-state index in [-0.39, 0.29) is 6.04 Å². The lowest BCUT2D eigenvalue weighted by molar-refractivity contribution is 0.216.